The number of aryl methyl sites for hydroxylation is 1. The van der Waals surface area contributed by atoms with Gasteiger partial charge < -0.3 is 15.3 Å². The van der Waals surface area contributed by atoms with E-state index in [1.807, 2.05) is 0 Å². The second kappa shape index (κ2) is 6.11. The molecule has 2 N–H and O–H groups in total. The Morgan fingerprint density at radius 3 is 2.55 bits per heavy atom. The zero-order valence-corrected chi connectivity index (χ0v) is 12.8. The van der Waals surface area contributed by atoms with E-state index in [1.165, 1.54) is 6.26 Å². The van der Waals surface area contributed by atoms with Crippen molar-refractivity contribution in [2.24, 2.45) is 0 Å². The third-order valence-electron chi connectivity index (χ3n) is 3.69. The molecule has 1 saturated heterocycles. The molecule has 1 aromatic carbocycles. The van der Waals surface area contributed by atoms with Crippen molar-refractivity contribution >= 4 is 9.84 Å². The van der Waals surface area contributed by atoms with Crippen LogP contribution in [0.2, 0.25) is 0 Å². The molecule has 0 bridgehead atoms. The third kappa shape index (κ3) is 3.71. The lowest BCUT2D eigenvalue weighted by molar-refractivity contribution is 0.243. The molecule has 2 rings (SSSR count). The van der Waals surface area contributed by atoms with Crippen molar-refractivity contribution in [2.45, 2.75) is 18.2 Å². The number of benzene rings is 1. The summed E-state index contributed by atoms with van der Waals surface area (Å²) in [7, 11) is -3.27. The summed E-state index contributed by atoms with van der Waals surface area (Å²) < 4.78 is 23.7. The van der Waals surface area contributed by atoms with Crippen LogP contribution >= 0.6 is 0 Å². The highest BCUT2D eigenvalue weighted by atomic mass is 32.2. The second-order valence-electron chi connectivity index (χ2n) is 5.36. The molecule has 0 aliphatic carbocycles. The van der Waals surface area contributed by atoms with Gasteiger partial charge in [-0.1, -0.05) is 0 Å². The van der Waals surface area contributed by atoms with Gasteiger partial charge in [0.2, 0.25) is 0 Å². The minimum absolute atomic E-state index is 0.160. The summed E-state index contributed by atoms with van der Waals surface area (Å²) >= 11 is 0. The molecule has 0 amide bonds. The zero-order valence-electron chi connectivity index (χ0n) is 12.0. The molecule has 1 aliphatic rings. The van der Waals surface area contributed by atoms with Crippen LogP contribution < -0.4 is 5.32 Å². The molecule has 1 aliphatic heterocycles. The van der Waals surface area contributed by atoms with Gasteiger partial charge in [-0.05, 0) is 36.6 Å². The first kappa shape index (κ1) is 15.3. The Labute approximate surface area is 120 Å². The summed E-state index contributed by atoms with van der Waals surface area (Å²) in [5, 5.41) is 13.1. The van der Waals surface area contributed by atoms with Crippen LogP contribution in [0.15, 0.2) is 17.0 Å². The molecule has 0 atom stereocenters. The number of nitrogens with one attached hydrogen (secondary N) is 1. The van der Waals surface area contributed by atoms with Crippen LogP contribution in [0, 0.1) is 6.92 Å². The summed E-state index contributed by atoms with van der Waals surface area (Å²) in [6.07, 6.45) is 1.85. The fourth-order valence-corrected chi connectivity index (χ4v) is 3.50. The second-order valence-corrected chi connectivity index (χ2v) is 7.34. The van der Waals surface area contributed by atoms with Gasteiger partial charge in [0, 0.05) is 39.0 Å². The average molecular weight is 298 g/mol. The largest absolute Gasteiger partial charge is 0.508 e. The molecular weight excluding hydrogens is 276 g/mol. The van der Waals surface area contributed by atoms with Gasteiger partial charge in [-0.15, -0.1) is 0 Å². The predicted octanol–water partition coefficient (Wildman–Crippen LogP) is 0.552. The van der Waals surface area contributed by atoms with Crippen molar-refractivity contribution in [3.05, 3.63) is 23.3 Å². The molecule has 0 unspecified atom stereocenters. The molecule has 6 heteroatoms. The number of phenols is 1. The number of sulfone groups is 1. The van der Waals surface area contributed by atoms with Crippen molar-refractivity contribution in [2.75, 3.05) is 39.0 Å². The van der Waals surface area contributed by atoms with Gasteiger partial charge in [0.25, 0.3) is 0 Å². The van der Waals surface area contributed by atoms with Crippen LogP contribution in [0.4, 0.5) is 0 Å². The predicted molar refractivity (Wildman–Crippen MR) is 79.0 cm³/mol. The van der Waals surface area contributed by atoms with Crippen LogP contribution in [-0.4, -0.2) is 57.4 Å². The molecule has 112 valence electrons. The monoisotopic (exact) mass is 298 g/mol. The number of nitrogens with zero attached hydrogens (tertiary/aromatic N) is 1. The number of piperazine rings is 1. The Hall–Kier alpha value is -1.11. The molecular formula is C14H22N2O3S. The maximum Gasteiger partial charge on any atom is 0.175 e. The standard InChI is InChI=1S/C14H22N2O3S/c1-11-9-14(20(2,18)19)12(10-13(11)17)3-6-16-7-4-15-5-8-16/h9-10,15,17H,3-8H2,1-2H3. The van der Waals surface area contributed by atoms with Crippen LogP contribution in [0.5, 0.6) is 5.75 Å². The van der Waals surface area contributed by atoms with Gasteiger partial charge in [-0.25, -0.2) is 8.42 Å². The van der Waals surface area contributed by atoms with E-state index in [9.17, 15) is 13.5 Å². The van der Waals surface area contributed by atoms with Crippen molar-refractivity contribution in [1.29, 1.82) is 0 Å². The SMILES string of the molecule is Cc1cc(S(C)(=O)=O)c(CCN2CCNCC2)cc1O. The first-order valence-electron chi connectivity index (χ1n) is 6.83. The van der Waals surface area contributed by atoms with Gasteiger partial charge >= 0.3 is 0 Å². The number of hydrogen-bond acceptors (Lipinski definition) is 5. The van der Waals surface area contributed by atoms with Crippen LogP contribution in [-0.2, 0) is 16.3 Å². The van der Waals surface area contributed by atoms with E-state index in [1.54, 1.807) is 19.1 Å². The van der Waals surface area contributed by atoms with Crippen molar-refractivity contribution in [3.8, 4) is 5.75 Å². The van der Waals surface area contributed by atoms with E-state index in [4.69, 9.17) is 0 Å². The van der Waals surface area contributed by atoms with E-state index in [-0.39, 0.29) is 5.75 Å². The number of phenolic OH excluding ortho intramolecular Hbond substituents is 1. The van der Waals surface area contributed by atoms with Gasteiger partial charge in [0.1, 0.15) is 5.75 Å². The Morgan fingerprint density at radius 2 is 1.95 bits per heavy atom. The van der Waals surface area contributed by atoms with E-state index < -0.39 is 9.84 Å². The highest BCUT2D eigenvalue weighted by Crippen LogP contribution is 2.25. The number of aromatic hydroxyl groups is 1. The lowest BCUT2D eigenvalue weighted by atomic mass is 10.1. The molecule has 20 heavy (non-hydrogen) atoms. The number of hydrogen-bond donors (Lipinski definition) is 2. The zero-order chi connectivity index (χ0) is 14.8. The fraction of sp³-hybridized carbons (Fsp3) is 0.571. The Kier molecular flexibility index (Phi) is 4.67. The number of rotatable bonds is 4. The van der Waals surface area contributed by atoms with Crippen molar-refractivity contribution in [3.63, 3.8) is 0 Å². The topological polar surface area (TPSA) is 69.6 Å². The Morgan fingerprint density at radius 1 is 1.30 bits per heavy atom. The minimum Gasteiger partial charge on any atom is -0.508 e. The summed E-state index contributed by atoms with van der Waals surface area (Å²) in [5.74, 6) is 0.160. The summed E-state index contributed by atoms with van der Waals surface area (Å²) in [4.78, 5) is 2.64. The van der Waals surface area contributed by atoms with Crippen LogP contribution in [0.25, 0.3) is 0 Å². The molecule has 5 nitrogen and oxygen atoms in total. The van der Waals surface area contributed by atoms with E-state index in [0.717, 1.165) is 32.7 Å². The summed E-state index contributed by atoms with van der Waals surface area (Å²) in [6, 6.07) is 3.16. The average Bonchev–Trinajstić information content (AvgIpc) is 2.39. The fourth-order valence-electron chi connectivity index (χ4n) is 2.47. The lowest BCUT2D eigenvalue weighted by Crippen LogP contribution is -2.44. The van der Waals surface area contributed by atoms with Crippen molar-refractivity contribution in [1.82, 2.24) is 10.2 Å². The van der Waals surface area contributed by atoms with Crippen molar-refractivity contribution < 1.29 is 13.5 Å². The van der Waals surface area contributed by atoms with Crippen LogP contribution in [0.3, 0.4) is 0 Å². The van der Waals surface area contributed by atoms with Gasteiger partial charge in [0.05, 0.1) is 4.90 Å². The van der Waals surface area contributed by atoms with Crippen LogP contribution in [0.1, 0.15) is 11.1 Å². The van der Waals surface area contributed by atoms with E-state index in [2.05, 4.69) is 10.2 Å². The maximum absolute atomic E-state index is 11.9. The molecule has 1 heterocycles. The first-order valence-corrected chi connectivity index (χ1v) is 8.72. The van der Waals surface area contributed by atoms with E-state index in [0.29, 0.717) is 22.4 Å². The van der Waals surface area contributed by atoms with Gasteiger partial charge in [-0.3, -0.25) is 0 Å². The molecule has 0 spiro atoms. The molecule has 0 radical (unpaired) electrons. The normalized spacial score (nSPS) is 17.3. The maximum atomic E-state index is 11.9. The van der Waals surface area contributed by atoms with Gasteiger partial charge in [-0.2, -0.15) is 0 Å². The molecule has 0 aromatic heterocycles. The smallest absolute Gasteiger partial charge is 0.175 e. The summed E-state index contributed by atoms with van der Waals surface area (Å²) in [6.45, 7) is 6.42. The molecule has 1 aromatic rings. The molecule has 1 fully saturated rings. The van der Waals surface area contributed by atoms with E-state index >= 15 is 0 Å². The third-order valence-corrected chi connectivity index (χ3v) is 4.86. The van der Waals surface area contributed by atoms with Gasteiger partial charge in [0.15, 0.2) is 9.84 Å². The minimum atomic E-state index is -3.27. The highest BCUT2D eigenvalue weighted by Gasteiger charge is 2.17. The Balaban J connectivity index is 2.19. The quantitative estimate of drug-likeness (QED) is 0.849. The summed E-state index contributed by atoms with van der Waals surface area (Å²) in [5.41, 5.74) is 1.30. The first-order chi connectivity index (χ1) is 9.38. The lowest BCUT2D eigenvalue weighted by Gasteiger charge is -2.27. The molecule has 0 saturated carbocycles. The Bertz CT molecular complexity index is 578. The highest BCUT2D eigenvalue weighted by molar-refractivity contribution is 7.90.